The predicted octanol–water partition coefficient (Wildman–Crippen LogP) is 3.01. The molecule has 5 rings (SSSR count). The van der Waals surface area contributed by atoms with E-state index in [9.17, 15) is 14.4 Å². The highest BCUT2D eigenvalue weighted by molar-refractivity contribution is 5.92. The van der Waals surface area contributed by atoms with E-state index >= 15 is 0 Å². The standard InChI is InChI=1S/C23H23N5O3/c29-20(27-22-24-18-7-3-4-8-19(18)25-22)15-11-9-14(10-12-15)13-28-21(30)16-5-1-2-6-17(16)26-23(28)31/h1-8,14-15H,9-13H2,(H,26,31)(H2,24,25,27,29). The minimum atomic E-state index is -0.381. The molecule has 2 heterocycles. The number of aromatic nitrogens is 4. The summed E-state index contributed by atoms with van der Waals surface area (Å²) in [6.45, 7) is 0.372. The second kappa shape index (κ2) is 7.86. The summed E-state index contributed by atoms with van der Waals surface area (Å²) in [7, 11) is 0. The number of aromatic amines is 2. The molecule has 0 aliphatic heterocycles. The Labute approximate surface area is 177 Å². The number of benzene rings is 2. The number of para-hydroxylation sites is 3. The molecule has 1 amide bonds. The Balaban J connectivity index is 1.23. The molecule has 8 heteroatoms. The second-order valence-corrected chi connectivity index (χ2v) is 8.20. The maximum Gasteiger partial charge on any atom is 0.328 e. The number of H-pyrrole nitrogens is 2. The van der Waals surface area contributed by atoms with Gasteiger partial charge in [0.15, 0.2) is 0 Å². The van der Waals surface area contributed by atoms with Crippen LogP contribution in [0.25, 0.3) is 21.9 Å². The molecule has 1 fully saturated rings. The molecule has 31 heavy (non-hydrogen) atoms. The summed E-state index contributed by atoms with van der Waals surface area (Å²) >= 11 is 0. The van der Waals surface area contributed by atoms with Crippen molar-refractivity contribution in [2.45, 2.75) is 32.2 Å². The molecule has 1 aliphatic rings. The zero-order valence-electron chi connectivity index (χ0n) is 16.9. The third kappa shape index (κ3) is 3.76. The van der Waals surface area contributed by atoms with E-state index < -0.39 is 0 Å². The van der Waals surface area contributed by atoms with Crippen molar-refractivity contribution in [1.29, 1.82) is 0 Å². The highest BCUT2D eigenvalue weighted by Gasteiger charge is 2.27. The van der Waals surface area contributed by atoms with Gasteiger partial charge >= 0.3 is 5.69 Å². The van der Waals surface area contributed by atoms with Gasteiger partial charge in [-0.15, -0.1) is 0 Å². The molecule has 0 radical (unpaired) electrons. The highest BCUT2D eigenvalue weighted by atomic mass is 16.2. The van der Waals surface area contributed by atoms with Gasteiger partial charge in [0.2, 0.25) is 11.9 Å². The lowest BCUT2D eigenvalue weighted by molar-refractivity contribution is -0.121. The second-order valence-electron chi connectivity index (χ2n) is 8.20. The fourth-order valence-corrected chi connectivity index (χ4v) is 4.46. The molecule has 1 aliphatic carbocycles. The smallest absolute Gasteiger partial charge is 0.324 e. The number of anilines is 1. The summed E-state index contributed by atoms with van der Waals surface area (Å²) in [6.07, 6.45) is 3.02. The molecule has 0 spiro atoms. The molecule has 158 valence electrons. The summed E-state index contributed by atoms with van der Waals surface area (Å²) in [4.78, 5) is 48.1. The Morgan fingerprint density at radius 3 is 2.45 bits per heavy atom. The zero-order chi connectivity index (χ0) is 21.4. The van der Waals surface area contributed by atoms with Crippen LogP contribution in [0.15, 0.2) is 58.1 Å². The number of nitrogens with one attached hydrogen (secondary N) is 3. The SMILES string of the molecule is O=C(Nc1nc2ccccc2[nH]1)C1CCC(Cn2c(=O)[nH]c3ccccc3c2=O)CC1. The lowest BCUT2D eigenvalue weighted by atomic mass is 9.81. The molecule has 0 atom stereocenters. The molecular formula is C23H23N5O3. The van der Waals surface area contributed by atoms with Crippen LogP contribution in [-0.4, -0.2) is 25.4 Å². The first-order valence-corrected chi connectivity index (χ1v) is 10.6. The number of carbonyl (C=O) groups excluding carboxylic acids is 1. The van der Waals surface area contributed by atoms with Crippen molar-refractivity contribution in [3.63, 3.8) is 0 Å². The van der Waals surface area contributed by atoms with E-state index in [1.54, 1.807) is 24.3 Å². The fourth-order valence-electron chi connectivity index (χ4n) is 4.46. The van der Waals surface area contributed by atoms with Gasteiger partial charge in [-0.3, -0.25) is 19.5 Å². The topological polar surface area (TPSA) is 113 Å². The molecule has 2 aromatic heterocycles. The van der Waals surface area contributed by atoms with E-state index in [2.05, 4.69) is 20.3 Å². The normalized spacial score (nSPS) is 19.0. The maximum absolute atomic E-state index is 12.7. The quantitative estimate of drug-likeness (QED) is 0.474. The first-order chi connectivity index (χ1) is 15.1. The lowest BCUT2D eigenvalue weighted by Gasteiger charge is -2.27. The Morgan fingerprint density at radius 1 is 0.968 bits per heavy atom. The van der Waals surface area contributed by atoms with Crippen molar-refractivity contribution in [2.75, 3.05) is 5.32 Å². The third-order valence-electron chi connectivity index (χ3n) is 6.18. The molecular weight excluding hydrogens is 394 g/mol. The summed E-state index contributed by atoms with van der Waals surface area (Å²) in [6, 6.07) is 14.7. The van der Waals surface area contributed by atoms with Gasteiger partial charge in [0.25, 0.3) is 5.56 Å². The number of hydrogen-bond donors (Lipinski definition) is 3. The largest absolute Gasteiger partial charge is 0.328 e. The first kappa shape index (κ1) is 19.3. The van der Waals surface area contributed by atoms with Crippen molar-refractivity contribution < 1.29 is 4.79 Å². The van der Waals surface area contributed by atoms with Crippen molar-refractivity contribution in [3.05, 3.63) is 69.4 Å². The van der Waals surface area contributed by atoms with Gasteiger partial charge in [-0.25, -0.2) is 9.78 Å². The van der Waals surface area contributed by atoms with Crippen LogP contribution in [0.3, 0.4) is 0 Å². The first-order valence-electron chi connectivity index (χ1n) is 10.6. The van der Waals surface area contributed by atoms with Crippen molar-refractivity contribution in [1.82, 2.24) is 19.5 Å². The van der Waals surface area contributed by atoms with Crippen molar-refractivity contribution in [2.24, 2.45) is 11.8 Å². The van der Waals surface area contributed by atoms with E-state index in [0.717, 1.165) is 36.7 Å². The minimum Gasteiger partial charge on any atom is -0.324 e. The Kier molecular flexibility index (Phi) is 4.89. The molecule has 0 bridgehead atoms. The highest BCUT2D eigenvalue weighted by Crippen LogP contribution is 2.30. The lowest BCUT2D eigenvalue weighted by Crippen LogP contribution is -2.38. The van der Waals surface area contributed by atoms with Crippen LogP contribution in [-0.2, 0) is 11.3 Å². The van der Waals surface area contributed by atoms with Gasteiger partial charge in [0.1, 0.15) is 0 Å². The van der Waals surface area contributed by atoms with Crippen LogP contribution < -0.4 is 16.6 Å². The number of carbonyl (C=O) groups is 1. The van der Waals surface area contributed by atoms with Gasteiger partial charge < -0.3 is 9.97 Å². The van der Waals surface area contributed by atoms with Crippen LogP contribution in [0.5, 0.6) is 0 Å². The summed E-state index contributed by atoms with van der Waals surface area (Å²) in [5.41, 5.74) is 1.61. The molecule has 8 nitrogen and oxygen atoms in total. The average molecular weight is 417 g/mol. The van der Waals surface area contributed by atoms with Crippen LogP contribution in [0, 0.1) is 11.8 Å². The Bertz CT molecular complexity index is 1340. The number of imidazole rings is 1. The Hall–Kier alpha value is -3.68. The van der Waals surface area contributed by atoms with Gasteiger partial charge in [-0.05, 0) is 55.9 Å². The van der Waals surface area contributed by atoms with E-state index in [1.807, 2.05) is 24.3 Å². The number of rotatable bonds is 4. The molecule has 2 aromatic carbocycles. The van der Waals surface area contributed by atoms with Crippen LogP contribution >= 0.6 is 0 Å². The van der Waals surface area contributed by atoms with E-state index in [0.29, 0.717) is 23.4 Å². The number of fused-ring (bicyclic) bond motifs is 2. The van der Waals surface area contributed by atoms with E-state index in [4.69, 9.17) is 0 Å². The van der Waals surface area contributed by atoms with Crippen molar-refractivity contribution in [3.8, 4) is 0 Å². The number of hydrogen-bond acceptors (Lipinski definition) is 4. The summed E-state index contributed by atoms with van der Waals surface area (Å²) in [5, 5.41) is 3.40. The zero-order valence-corrected chi connectivity index (χ0v) is 16.9. The van der Waals surface area contributed by atoms with Crippen LogP contribution in [0.1, 0.15) is 25.7 Å². The number of nitrogens with zero attached hydrogens (tertiary/aromatic N) is 2. The van der Waals surface area contributed by atoms with Gasteiger partial charge in [0, 0.05) is 12.5 Å². The fraction of sp³-hybridized carbons (Fsp3) is 0.304. The number of amides is 1. The predicted molar refractivity (Wildman–Crippen MR) is 119 cm³/mol. The van der Waals surface area contributed by atoms with Gasteiger partial charge in [-0.2, -0.15) is 0 Å². The van der Waals surface area contributed by atoms with Crippen LogP contribution in [0.4, 0.5) is 5.95 Å². The molecule has 4 aromatic rings. The molecule has 0 saturated heterocycles. The third-order valence-corrected chi connectivity index (χ3v) is 6.18. The maximum atomic E-state index is 12.7. The van der Waals surface area contributed by atoms with Gasteiger partial charge in [0.05, 0.1) is 21.9 Å². The van der Waals surface area contributed by atoms with Crippen molar-refractivity contribution >= 4 is 33.8 Å². The van der Waals surface area contributed by atoms with Crippen LogP contribution in [0.2, 0.25) is 0 Å². The molecule has 0 unspecified atom stereocenters. The van der Waals surface area contributed by atoms with E-state index in [-0.39, 0.29) is 29.0 Å². The van der Waals surface area contributed by atoms with E-state index in [1.165, 1.54) is 4.57 Å². The average Bonchev–Trinajstić information content (AvgIpc) is 3.19. The summed E-state index contributed by atoms with van der Waals surface area (Å²) < 4.78 is 1.29. The monoisotopic (exact) mass is 417 g/mol. The Morgan fingerprint density at radius 2 is 1.68 bits per heavy atom. The molecule has 3 N–H and O–H groups in total. The molecule has 1 saturated carbocycles. The minimum absolute atomic E-state index is 0.0433. The van der Waals surface area contributed by atoms with Gasteiger partial charge in [-0.1, -0.05) is 24.3 Å². The summed E-state index contributed by atoms with van der Waals surface area (Å²) in [5.74, 6) is 0.507.